The lowest BCUT2D eigenvalue weighted by Crippen LogP contribution is -2.36. The summed E-state index contributed by atoms with van der Waals surface area (Å²) >= 11 is 0. The van der Waals surface area contributed by atoms with Gasteiger partial charge in [-0.25, -0.2) is 0 Å². The number of rotatable bonds is 7. The Morgan fingerprint density at radius 1 is 1.28 bits per heavy atom. The Bertz CT molecular complexity index is 345. The topological polar surface area (TPSA) is 34.1 Å². The van der Waals surface area contributed by atoms with Gasteiger partial charge in [-0.2, -0.15) is 0 Å². The van der Waals surface area contributed by atoms with Gasteiger partial charge in [0.25, 0.3) is 0 Å². The number of nitrogens with one attached hydrogen (secondary N) is 1. The first kappa shape index (κ1) is 15.0. The minimum Gasteiger partial charge on any atom is -0.492 e. The molecule has 0 aliphatic rings. The highest BCUT2D eigenvalue weighted by atomic mass is 16.5. The van der Waals surface area contributed by atoms with Crippen molar-refractivity contribution in [1.29, 1.82) is 0 Å². The highest BCUT2D eigenvalue weighted by Gasteiger charge is 2.07. The van der Waals surface area contributed by atoms with Gasteiger partial charge < -0.3 is 10.1 Å². The zero-order valence-corrected chi connectivity index (χ0v) is 12.1. The van der Waals surface area contributed by atoms with Gasteiger partial charge in [-0.3, -0.25) is 4.98 Å². The van der Waals surface area contributed by atoms with E-state index in [4.69, 9.17) is 4.74 Å². The maximum absolute atomic E-state index is 5.58. The third kappa shape index (κ3) is 6.60. The van der Waals surface area contributed by atoms with Gasteiger partial charge in [0.15, 0.2) is 0 Å². The minimum atomic E-state index is 0.199. The summed E-state index contributed by atoms with van der Waals surface area (Å²) < 4.78 is 5.58. The Hall–Kier alpha value is -1.09. The Balaban J connectivity index is 2.33. The van der Waals surface area contributed by atoms with Crippen molar-refractivity contribution >= 4 is 0 Å². The van der Waals surface area contributed by atoms with Crippen molar-refractivity contribution in [1.82, 2.24) is 10.3 Å². The van der Waals surface area contributed by atoms with Crippen LogP contribution in [-0.4, -0.2) is 23.7 Å². The summed E-state index contributed by atoms with van der Waals surface area (Å²) in [4.78, 5) is 4.22. The number of hydrogen-bond donors (Lipinski definition) is 1. The molecule has 0 unspecified atom stereocenters. The van der Waals surface area contributed by atoms with E-state index in [2.05, 4.69) is 44.1 Å². The van der Waals surface area contributed by atoms with Crippen LogP contribution in [0.15, 0.2) is 18.5 Å². The van der Waals surface area contributed by atoms with Crippen LogP contribution < -0.4 is 10.1 Å². The van der Waals surface area contributed by atoms with Gasteiger partial charge in [0.2, 0.25) is 0 Å². The first-order chi connectivity index (χ1) is 8.51. The second-order valence-corrected chi connectivity index (χ2v) is 5.66. The number of aryl methyl sites for hydroxylation is 1. The van der Waals surface area contributed by atoms with E-state index in [1.165, 1.54) is 5.56 Å². The van der Waals surface area contributed by atoms with E-state index < -0.39 is 0 Å². The Labute approximate surface area is 111 Å². The van der Waals surface area contributed by atoms with Crippen LogP contribution in [0.3, 0.4) is 0 Å². The van der Waals surface area contributed by atoms with Crippen LogP contribution in [0.25, 0.3) is 0 Å². The summed E-state index contributed by atoms with van der Waals surface area (Å²) in [5.74, 6) is 0.887. The van der Waals surface area contributed by atoms with E-state index in [9.17, 15) is 0 Å². The predicted octanol–water partition coefficient (Wildman–Crippen LogP) is 3.19. The van der Waals surface area contributed by atoms with Crippen molar-refractivity contribution in [3.8, 4) is 5.75 Å². The molecule has 0 fully saturated rings. The van der Waals surface area contributed by atoms with E-state index in [-0.39, 0.29) is 5.54 Å². The van der Waals surface area contributed by atoms with Crippen LogP contribution in [0.5, 0.6) is 5.75 Å². The lowest BCUT2D eigenvalue weighted by Gasteiger charge is -2.20. The molecular weight excluding hydrogens is 224 g/mol. The van der Waals surface area contributed by atoms with Crippen LogP contribution in [0, 0.1) is 0 Å². The summed E-state index contributed by atoms with van der Waals surface area (Å²) in [6.07, 6.45) is 6.90. The predicted molar refractivity (Wildman–Crippen MR) is 76.1 cm³/mol. The average molecular weight is 250 g/mol. The molecule has 0 aliphatic carbocycles. The molecule has 102 valence electrons. The van der Waals surface area contributed by atoms with E-state index in [1.807, 2.05) is 6.20 Å². The van der Waals surface area contributed by atoms with E-state index in [0.717, 1.165) is 38.2 Å². The first-order valence-corrected chi connectivity index (χ1v) is 6.83. The highest BCUT2D eigenvalue weighted by molar-refractivity contribution is 5.23. The molecule has 18 heavy (non-hydrogen) atoms. The highest BCUT2D eigenvalue weighted by Crippen LogP contribution is 2.13. The normalized spacial score (nSPS) is 11.6. The molecule has 3 heteroatoms. The molecule has 0 atom stereocenters. The van der Waals surface area contributed by atoms with Crippen LogP contribution in [0.1, 0.15) is 46.1 Å². The van der Waals surface area contributed by atoms with Gasteiger partial charge in [0.05, 0.1) is 12.8 Å². The second kappa shape index (κ2) is 7.37. The van der Waals surface area contributed by atoms with E-state index in [0.29, 0.717) is 0 Å². The van der Waals surface area contributed by atoms with Gasteiger partial charge in [-0.05, 0) is 58.2 Å². The monoisotopic (exact) mass is 250 g/mol. The molecule has 0 bridgehead atoms. The largest absolute Gasteiger partial charge is 0.492 e. The van der Waals surface area contributed by atoms with Crippen LogP contribution in [0.4, 0.5) is 0 Å². The van der Waals surface area contributed by atoms with Crippen molar-refractivity contribution in [3.05, 3.63) is 24.0 Å². The van der Waals surface area contributed by atoms with Crippen molar-refractivity contribution in [2.75, 3.05) is 13.2 Å². The van der Waals surface area contributed by atoms with Crippen LogP contribution >= 0.6 is 0 Å². The number of pyridine rings is 1. The van der Waals surface area contributed by atoms with Crippen molar-refractivity contribution in [3.63, 3.8) is 0 Å². The summed E-state index contributed by atoms with van der Waals surface area (Å²) in [6.45, 7) is 10.5. The first-order valence-electron chi connectivity index (χ1n) is 6.83. The number of aromatic nitrogens is 1. The Morgan fingerprint density at radius 2 is 2.06 bits per heavy atom. The average Bonchev–Trinajstić information content (AvgIpc) is 2.31. The number of hydrogen-bond acceptors (Lipinski definition) is 3. The number of nitrogens with zero attached hydrogens (tertiary/aromatic N) is 1. The molecule has 1 heterocycles. The summed E-state index contributed by atoms with van der Waals surface area (Å²) in [6, 6.07) is 2.10. The molecule has 0 aromatic carbocycles. The van der Waals surface area contributed by atoms with Gasteiger partial charge in [0.1, 0.15) is 5.75 Å². The zero-order valence-electron chi connectivity index (χ0n) is 12.1. The number of ether oxygens (including phenoxy) is 1. The van der Waals surface area contributed by atoms with Crippen molar-refractivity contribution < 1.29 is 4.74 Å². The fraction of sp³-hybridized carbons (Fsp3) is 0.667. The van der Waals surface area contributed by atoms with Crippen LogP contribution in [0.2, 0.25) is 0 Å². The zero-order chi connectivity index (χ0) is 13.4. The molecule has 0 radical (unpaired) electrons. The SMILES string of the molecule is CCCOc1cncc(CCCNC(C)(C)C)c1. The molecule has 3 nitrogen and oxygen atoms in total. The molecule has 1 aromatic rings. The van der Waals surface area contributed by atoms with Gasteiger partial charge in [-0.1, -0.05) is 6.92 Å². The molecule has 1 aromatic heterocycles. The van der Waals surface area contributed by atoms with Crippen LogP contribution in [-0.2, 0) is 6.42 Å². The summed E-state index contributed by atoms with van der Waals surface area (Å²) in [5, 5.41) is 3.49. The third-order valence-corrected chi connectivity index (χ3v) is 2.54. The lowest BCUT2D eigenvalue weighted by atomic mass is 10.1. The molecule has 0 spiro atoms. The maximum atomic E-state index is 5.58. The fourth-order valence-electron chi connectivity index (χ4n) is 1.66. The fourth-order valence-corrected chi connectivity index (χ4v) is 1.66. The van der Waals surface area contributed by atoms with Gasteiger partial charge >= 0.3 is 0 Å². The standard InChI is InChI=1S/C15H26N2O/c1-5-9-18-14-10-13(11-16-12-14)7-6-8-17-15(2,3)4/h10-12,17H,5-9H2,1-4H3. The third-order valence-electron chi connectivity index (χ3n) is 2.54. The van der Waals surface area contributed by atoms with Gasteiger partial charge in [0, 0.05) is 11.7 Å². The Morgan fingerprint density at radius 3 is 2.72 bits per heavy atom. The molecule has 1 N–H and O–H groups in total. The van der Waals surface area contributed by atoms with E-state index >= 15 is 0 Å². The Kier molecular flexibility index (Phi) is 6.13. The quantitative estimate of drug-likeness (QED) is 0.755. The smallest absolute Gasteiger partial charge is 0.137 e. The van der Waals surface area contributed by atoms with Crippen molar-refractivity contribution in [2.24, 2.45) is 0 Å². The molecular formula is C15H26N2O. The summed E-state index contributed by atoms with van der Waals surface area (Å²) in [5.41, 5.74) is 1.45. The van der Waals surface area contributed by atoms with E-state index in [1.54, 1.807) is 6.20 Å². The van der Waals surface area contributed by atoms with Crippen molar-refractivity contribution in [2.45, 2.75) is 52.5 Å². The molecule has 0 aliphatic heterocycles. The summed E-state index contributed by atoms with van der Waals surface area (Å²) in [7, 11) is 0. The van der Waals surface area contributed by atoms with Gasteiger partial charge in [-0.15, -0.1) is 0 Å². The molecule has 0 saturated carbocycles. The molecule has 0 amide bonds. The maximum Gasteiger partial charge on any atom is 0.137 e. The lowest BCUT2D eigenvalue weighted by molar-refractivity contribution is 0.316. The molecule has 1 rings (SSSR count). The second-order valence-electron chi connectivity index (χ2n) is 5.66. The minimum absolute atomic E-state index is 0.199. The molecule has 0 saturated heterocycles.